The van der Waals surface area contributed by atoms with E-state index in [0.717, 1.165) is 0 Å². The zero-order chi connectivity index (χ0) is 19.8. The zero-order valence-electron chi connectivity index (χ0n) is 12.8. The average Bonchev–Trinajstić information content (AvgIpc) is 2.49. The minimum Gasteiger partial charge on any atom is -0.304 e. The molecule has 7 nitrogen and oxygen atoms in total. The normalized spacial score (nSPS) is 16.0. The van der Waals surface area contributed by atoms with Gasteiger partial charge in [0.2, 0.25) is 0 Å². The largest absolute Gasteiger partial charge is 0.471 e. The van der Waals surface area contributed by atoms with Crippen molar-refractivity contribution in [3.8, 4) is 0 Å². The molecule has 0 aliphatic rings. The molecule has 0 spiro atoms. The van der Waals surface area contributed by atoms with Gasteiger partial charge in [0.1, 0.15) is 4.87 Å². The molecule has 0 radical (unpaired) electrons. The van der Waals surface area contributed by atoms with Crippen molar-refractivity contribution in [3.05, 3.63) is 0 Å². The summed E-state index contributed by atoms with van der Waals surface area (Å²) in [4.78, 5) is 13.8. The van der Waals surface area contributed by atoms with Gasteiger partial charge in [-0.05, 0) is 12.8 Å². The van der Waals surface area contributed by atoms with Gasteiger partial charge in [-0.2, -0.15) is 0 Å². The number of halogens is 6. The number of alkyl halides is 6. The second-order valence-electron chi connectivity index (χ2n) is 4.53. The van der Waals surface area contributed by atoms with Gasteiger partial charge in [0.25, 0.3) is 4.80 Å². The molecule has 15 heteroatoms. The Hall–Kier alpha value is 2.00. The van der Waals surface area contributed by atoms with Crippen LogP contribution in [0.3, 0.4) is 0 Å². The molecule has 25 heavy (non-hydrogen) atoms. The average molecular weight is 525 g/mol. The summed E-state index contributed by atoms with van der Waals surface area (Å²) in [7, 11) is -9.91. The van der Waals surface area contributed by atoms with Crippen molar-refractivity contribution >= 4 is 85.0 Å². The van der Waals surface area contributed by atoms with Crippen molar-refractivity contribution in [2.75, 3.05) is 36.7 Å². The van der Waals surface area contributed by atoms with Crippen LogP contribution in [0.5, 0.6) is 0 Å². The molecule has 0 amide bonds. The Morgan fingerprint density at radius 3 is 1.48 bits per heavy atom. The van der Waals surface area contributed by atoms with Gasteiger partial charge < -0.3 is 18.8 Å². The molecule has 1 atom stereocenters. The van der Waals surface area contributed by atoms with Crippen LogP contribution < -0.4 is 0 Å². The first-order chi connectivity index (χ1) is 11.4. The number of hydrogen-bond donors (Lipinski definition) is 2. The highest BCUT2D eigenvalue weighted by molar-refractivity contribution is 7.59. The molecule has 2 N–H and O–H groups in total. The smallest absolute Gasteiger partial charge is 0.304 e. The lowest BCUT2D eigenvalue weighted by molar-refractivity contribution is 0.0782. The monoisotopic (exact) mass is 522 g/mol. The predicted molar refractivity (Wildman–Crippen MR) is 102 cm³/mol. The summed E-state index contributed by atoms with van der Waals surface area (Å²) in [6.07, 6.45) is -0.352. The van der Waals surface area contributed by atoms with Crippen LogP contribution in [0.25, 0.3) is 0 Å². The number of rotatable bonds is 14. The SMILES string of the molecule is O=P(O)(O)OC(Cl)(C(Cl)(CCCl)CCCl)P(=O)(OCCCl)OCCCl. The molecule has 152 valence electrons. The standard InChI is InChI=1S/C10H18Cl6O7P2/c11-3-1-9(15,2-4-12)10(16,23-25(18,19)20)24(17,21-7-5-13)22-8-6-14/h1-8H2,(H2,18,19,20). The van der Waals surface area contributed by atoms with Crippen LogP contribution in [-0.4, -0.2) is 56.2 Å². The van der Waals surface area contributed by atoms with Crippen molar-refractivity contribution < 1.29 is 32.5 Å². The molecular formula is C10H18Cl6O7P2. The Labute approximate surface area is 176 Å². The lowest BCUT2D eigenvalue weighted by atomic mass is 10.0. The molecule has 0 aromatic heterocycles. The number of hydrogen-bond acceptors (Lipinski definition) is 5. The maximum Gasteiger partial charge on any atom is 0.471 e. The molecule has 0 rings (SSSR count). The molecule has 0 heterocycles. The molecule has 0 aromatic carbocycles. The molecule has 0 saturated heterocycles. The van der Waals surface area contributed by atoms with E-state index in [0.29, 0.717) is 0 Å². The molecule has 0 fully saturated rings. The summed E-state index contributed by atoms with van der Waals surface area (Å²) in [6, 6.07) is 0. The van der Waals surface area contributed by atoms with E-state index < -0.39 is 25.1 Å². The number of phosphoric ester groups is 1. The second kappa shape index (κ2) is 11.9. The summed E-state index contributed by atoms with van der Waals surface area (Å²) in [5, 5.41) is 0. The van der Waals surface area contributed by atoms with Crippen LogP contribution in [0.1, 0.15) is 12.8 Å². The summed E-state index contributed by atoms with van der Waals surface area (Å²) >= 11 is 35.2. The van der Waals surface area contributed by atoms with Crippen LogP contribution in [0.4, 0.5) is 0 Å². The highest BCUT2D eigenvalue weighted by Gasteiger charge is 2.66. The maximum atomic E-state index is 13.3. The van der Waals surface area contributed by atoms with E-state index >= 15 is 0 Å². The van der Waals surface area contributed by atoms with Gasteiger partial charge in [0.05, 0.1) is 13.2 Å². The Balaban J connectivity index is 6.28. The minimum absolute atomic E-state index is 0.107. The van der Waals surface area contributed by atoms with Crippen molar-refractivity contribution in [3.63, 3.8) is 0 Å². The van der Waals surface area contributed by atoms with Gasteiger partial charge in [0, 0.05) is 23.5 Å². The third-order valence-corrected chi connectivity index (χ3v) is 8.45. The van der Waals surface area contributed by atoms with E-state index in [4.69, 9.17) is 78.7 Å². The van der Waals surface area contributed by atoms with Gasteiger partial charge in [-0.25, -0.2) is 9.09 Å². The van der Waals surface area contributed by atoms with Crippen LogP contribution in [0.15, 0.2) is 0 Å². The highest BCUT2D eigenvalue weighted by Crippen LogP contribution is 2.72. The highest BCUT2D eigenvalue weighted by atomic mass is 35.5. The van der Waals surface area contributed by atoms with E-state index in [1.54, 1.807) is 0 Å². The first kappa shape index (κ1) is 27.0. The summed E-state index contributed by atoms with van der Waals surface area (Å²) in [5.74, 6) is -0.441. The molecule has 1 unspecified atom stereocenters. The molecule has 0 bridgehead atoms. The van der Waals surface area contributed by atoms with Gasteiger partial charge in [-0.15, -0.1) is 58.0 Å². The van der Waals surface area contributed by atoms with Crippen LogP contribution >= 0.6 is 85.0 Å². The summed E-state index contributed by atoms with van der Waals surface area (Å²) in [5.41, 5.74) is 0. The lowest BCUT2D eigenvalue weighted by Gasteiger charge is -2.43. The van der Waals surface area contributed by atoms with Crippen LogP contribution in [0, 0.1) is 0 Å². The quantitative estimate of drug-likeness (QED) is 0.245. The fourth-order valence-corrected chi connectivity index (χ4v) is 7.33. The van der Waals surface area contributed by atoms with Gasteiger partial charge >= 0.3 is 15.4 Å². The van der Waals surface area contributed by atoms with E-state index in [9.17, 15) is 18.9 Å². The van der Waals surface area contributed by atoms with Gasteiger partial charge in [-0.3, -0.25) is 4.57 Å². The lowest BCUT2D eigenvalue weighted by Crippen LogP contribution is -2.49. The van der Waals surface area contributed by atoms with Crippen LogP contribution in [-0.2, 0) is 22.7 Å². The summed E-state index contributed by atoms with van der Waals surface area (Å²) < 4.78 is 39.6. The topological polar surface area (TPSA) is 102 Å². The van der Waals surface area contributed by atoms with Crippen molar-refractivity contribution in [2.45, 2.75) is 22.5 Å². The predicted octanol–water partition coefficient (Wildman–Crippen LogP) is 4.93. The van der Waals surface area contributed by atoms with E-state index in [1.807, 2.05) is 0 Å². The first-order valence-electron chi connectivity index (χ1n) is 6.72. The summed E-state index contributed by atoms with van der Waals surface area (Å²) in [6.45, 7) is -0.649. The minimum atomic E-state index is -5.29. The molecular weight excluding hydrogens is 507 g/mol. The second-order valence-corrected chi connectivity index (χ2v) is 10.9. The van der Waals surface area contributed by atoms with Crippen molar-refractivity contribution in [2.24, 2.45) is 0 Å². The van der Waals surface area contributed by atoms with E-state index in [2.05, 4.69) is 4.52 Å². The Morgan fingerprint density at radius 2 is 1.20 bits per heavy atom. The zero-order valence-corrected chi connectivity index (χ0v) is 19.1. The van der Waals surface area contributed by atoms with Gasteiger partial charge in [-0.1, -0.05) is 11.6 Å². The molecule has 0 aliphatic carbocycles. The number of phosphoric acid groups is 1. The van der Waals surface area contributed by atoms with Crippen LogP contribution in [0.2, 0.25) is 0 Å². The first-order valence-corrected chi connectivity index (χ1v) is 12.7. The van der Waals surface area contributed by atoms with Gasteiger partial charge in [0.15, 0.2) is 0 Å². The Kier molecular flexibility index (Phi) is 12.8. The fourth-order valence-electron chi connectivity index (χ4n) is 1.78. The van der Waals surface area contributed by atoms with Crippen molar-refractivity contribution in [1.29, 1.82) is 0 Å². The van der Waals surface area contributed by atoms with E-state index in [-0.39, 0.29) is 49.6 Å². The van der Waals surface area contributed by atoms with E-state index in [1.165, 1.54) is 0 Å². The molecule has 0 saturated carbocycles. The third kappa shape index (κ3) is 7.74. The Morgan fingerprint density at radius 1 is 0.800 bits per heavy atom. The maximum absolute atomic E-state index is 13.3. The Bertz CT molecular complexity index is 474. The van der Waals surface area contributed by atoms with Crippen molar-refractivity contribution in [1.82, 2.24) is 0 Å². The fraction of sp³-hybridized carbons (Fsp3) is 1.00. The molecule has 0 aliphatic heterocycles. The third-order valence-electron chi connectivity index (χ3n) is 2.80. The molecule has 0 aromatic rings.